The molecule has 0 amide bonds. The Morgan fingerprint density at radius 2 is 0.957 bits per heavy atom. The average molecular weight is 1660 g/mol. The molecule has 0 heterocycles. The summed E-state index contributed by atoms with van der Waals surface area (Å²) in [6, 6.07) is 18.0. The van der Waals surface area contributed by atoms with Crippen LogP contribution in [0.15, 0.2) is 81.4 Å². The molecule has 0 spiro atoms. The van der Waals surface area contributed by atoms with E-state index >= 15 is 0 Å². The number of hydrogen-bond acceptors (Lipinski definition) is 2. The number of alkyl halides is 10. The van der Waals surface area contributed by atoms with Crippen LogP contribution >= 0.6 is 255 Å². The molecular weight excluding hydrogens is 1650 g/mol. The summed E-state index contributed by atoms with van der Waals surface area (Å²) in [4.78, 5) is -0.0616. The third-order valence-corrected chi connectivity index (χ3v) is 35.4. The second kappa shape index (κ2) is 17.8. The molecule has 4 rings (SSSR count). The quantitative estimate of drug-likeness (QED) is 0.139. The largest absolute Gasteiger partial charge is 0.454 e. The Morgan fingerprint density at radius 3 is 1.37 bits per heavy atom. The minimum absolute atomic E-state index is 0.0616. The van der Waals surface area contributed by atoms with Gasteiger partial charge in [-0.3, -0.25) is 0 Å². The highest BCUT2D eigenvalue weighted by atomic mass is 79.9. The standard InChI is InChI=1S/C14H10Br10.C14H8Br6O2/c1-7(8-5-3-2-4-6-8)10(16)9(15)11(17,18)13(21,22)14(23,24)12(10,19)20;1-6(21-9-4-2-7(15)11(17)13(9)19)22-10-5-3-8(16)12(18)14(10)20/h2-7,9H,1H3;2-6H,1H3. The average Bonchev–Trinajstić information content (AvgIpc) is 3.00. The van der Waals surface area contributed by atoms with E-state index < -0.39 is 23.5 Å². The van der Waals surface area contributed by atoms with Gasteiger partial charge in [0.05, 0.1) is 18.1 Å². The van der Waals surface area contributed by atoms with Crippen molar-refractivity contribution in [2.24, 2.45) is 0 Å². The summed E-state index contributed by atoms with van der Waals surface area (Å²) >= 11 is 59.9. The van der Waals surface area contributed by atoms with Crippen LogP contribution in [0.5, 0.6) is 11.5 Å². The zero-order valence-corrected chi connectivity index (χ0v) is 48.2. The Morgan fingerprint density at radius 1 is 0.543 bits per heavy atom. The zero-order valence-electron chi connectivity index (χ0n) is 22.8. The molecule has 1 aliphatic carbocycles. The molecule has 1 aliphatic rings. The number of benzene rings is 3. The molecule has 0 N–H and O–H groups in total. The Hall–Kier alpha value is 4.94. The van der Waals surface area contributed by atoms with E-state index in [2.05, 4.69) is 286 Å². The maximum Gasteiger partial charge on any atom is 0.238 e. The maximum absolute atomic E-state index is 5.84. The third kappa shape index (κ3) is 8.82. The Kier molecular flexibility index (Phi) is 17.6. The molecule has 3 atom stereocenters. The van der Waals surface area contributed by atoms with Crippen LogP contribution in [-0.4, -0.2) is 28.4 Å². The van der Waals surface area contributed by atoms with Gasteiger partial charge >= 0.3 is 0 Å². The van der Waals surface area contributed by atoms with Gasteiger partial charge in [-0.05, 0) is 131 Å². The highest BCUT2D eigenvalue weighted by molar-refractivity contribution is 9.35. The highest BCUT2D eigenvalue weighted by Crippen LogP contribution is 2.79. The van der Waals surface area contributed by atoms with E-state index in [0.717, 1.165) is 26.8 Å². The number of ether oxygens (including phenoxy) is 2. The molecule has 3 aromatic carbocycles. The van der Waals surface area contributed by atoms with Gasteiger partial charge in [0.15, 0.2) is 0 Å². The van der Waals surface area contributed by atoms with Crippen molar-refractivity contribution < 1.29 is 9.47 Å². The van der Waals surface area contributed by atoms with Crippen molar-refractivity contribution >= 4 is 255 Å². The smallest absolute Gasteiger partial charge is 0.238 e. The van der Waals surface area contributed by atoms with Crippen molar-refractivity contribution in [3.8, 4) is 11.5 Å². The first-order valence-electron chi connectivity index (χ1n) is 12.5. The van der Waals surface area contributed by atoms with Gasteiger partial charge in [0.25, 0.3) is 0 Å². The first kappa shape index (κ1) is 45.3. The van der Waals surface area contributed by atoms with Crippen LogP contribution in [0, 0.1) is 0 Å². The zero-order chi connectivity index (χ0) is 35.2. The molecule has 0 aliphatic heterocycles. The van der Waals surface area contributed by atoms with Crippen molar-refractivity contribution in [2.75, 3.05) is 0 Å². The van der Waals surface area contributed by atoms with Crippen LogP contribution < -0.4 is 9.47 Å². The van der Waals surface area contributed by atoms with Crippen molar-refractivity contribution in [1.29, 1.82) is 0 Å². The molecule has 254 valence electrons. The molecule has 0 bridgehead atoms. The normalized spacial score (nSPS) is 23.2. The van der Waals surface area contributed by atoms with Gasteiger partial charge in [0.1, 0.15) is 24.4 Å². The summed E-state index contributed by atoms with van der Waals surface area (Å²) in [5.74, 6) is 1.52. The van der Waals surface area contributed by atoms with Gasteiger partial charge < -0.3 is 9.47 Å². The predicted octanol–water partition coefficient (Wildman–Crippen LogP) is 17.7. The minimum atomic E-state index is -0.649. The van der Waals surface area contributed by atoms with Gasteiger partial charge in [-0.2, -0.15) is 0 Å². The Bertz CT molecular complexity index is 1490. The molecule has 18 heteroatoms. The van der Waals surface area contributed by atoms with Gasteiger partial charge in [-0.25, -0.2) is 0 Å². The second-order valence-corrected chi connectivity index (χ2v) is 30.8. The first-order chi connectivity index (χ1) is 21.0. The van der Waals surface area contributed by atoms with E-state index in [1.54, 1.807) is 0 Å². The molecular formula is C28H18Br16O2. The lowest BCUT2D eigenvalue weighted by atomic mass is 9.76. The molecule has 0 saturated heterocycles. The summed E-state index contributed by atoms with van der Waals surface area (Å²) in [6.07, 6.45) is -0.464. The van der Waals surface area contributed by atoms with Crippen molar-refractivity contribution in [3.05, 3.63) is 87.0 Å². The van der Waals surface area contributed by atoms with E-state index in [1.807, 2.05) is 37.3 Å². The molecule has 3 aromatic rings. The van der Waals surface area contributed by atoms with E-state index in [9.17, 15) is 0 Å². The van der Waals surface area contributed by atoms with Gasteiger partial charge in [0, 0.05) is 24.8 Å². The molecule has 0 aromatic heterocycles. The molecule has 3 unspecified atom stereocenters. The summed E-state index contributed by atoms with van der Waals surface area (Å²) in [6.45, 7) is 4.04. The number of rotatable bonds is 6. The molecule has 1 fully saturated rings. The topological polar surface area (TPSA) is 18.5 Å². The van der Waals surface area contributed by atoms with Crippen LogP contribution in [0.3, 0.4) is 0 Å². The molecule has 1 saturated carbocycles. The maximum atomic E-state index is 5.84. The summed E-state index contributed by atoms with van der Waals surface area (Å²) in [5.41, 5.74) is 1.23. The minimum Gasteiger partial charge on any atom is -0.454 e. The lowest BCUT2D eigenvalue weighted by molar-refractivity contribution is 0.0209. The van der Waals surface area contributed by atoms with Gasteiger partial charge in [0.2, 0.25) is 6.29 Å². The summed E-state index contributed by atoms with van der Waals surface area (Å²) in [7, 11) is 0. The lowest BCUT2D eigenvalue weighted by Gasteiger charge is -2.64. The van der Waals surface area contributed by atoms with Crippen molar-refractivity contribution in [3.63, 3.8) is 0 Å². The molecule has 46 heavy (non-hydrogen) atoms. The Balaban J connectivity index is 0.000000251. The van der Waals surface area contributed by atoms with Crippen LogP contribution in [0.4, 0.5) is 0 Å². The fraction of sp³-hybridized carbons (Fsp3) is 0.357. The van der Waals surface area contributed by atoms with Crippen LogP contribution in [-0.2, 0) is 0 Å². The highest BCUT2D eigenvalue weighted by Gasteiger charge is 2.80. The summed E-state index contributed by atoms with van der Waals surface area (Å²) < 4.78 is 14.1. The number of halogens is 16. The van der Waals surface area contributed by atoms with Gasteiger partial charge in [-0.1, -0.05) is 197 Å². The van der Waals surface area contributed by atoms with E-state index in [0.29, 0.717) is 11.5 Å². The summed E-state index contributed by atoms with van der Waals surface area (Å²) in [5, 5.41) is 0. The monoisotopic (exact) mass is 1650 g/mol. The van der Waals surface area contributed by atoms with Crippen molar-refractivity contribution in [1.82, 2.24) is 0 Å². The van der Waals surface area contributed by atoms with E-state index in [4.69, 9.17) is 9.47 Å². The SMILES string of the molecule is CC(Oc1ccc(Br)c(Br)c1Br)Oc1ccc(Br)c(Br)c1Br.CC(c1ccccc1)C1(Br)C(Br)C(Br)(Br)C(Br)(Br)C(Br)(Br)C1(Br)Br. The second-order valence-electron chi connectivity index (χ2n) is 9.76. The lowest BCUT2D eigenvalue weighted by Crippen LogP contribution is -2.75. The van der Waals surface area contributed by atoms with Crippen molar-refractivity contribution in [2.45, 2.75) is 48.1 Å². The van der Waals surface area contributed by atoms with E-state index in [-0.39, 0.29) is 10.7 Å². The first-order valence-corrected chi connectivity index (χ1v) is 25.3. The molecule has 2 nitrogen and oxygen atoms in total. The number of hydrogen-bond donors (Lipinski definition) is 0. The fourth-order valence-electron chi connectivity index (χ4n) is 4.28. The third-order valence-electron chi connectivity index (χ3n) is 6.89. The van der Waals surface area contributed by atoms with Crippen LogP contribution in [0.1, 0.15) is 25.3 Å². The fourth-order valence-corrected chi connectivity index (χ4v) is 18.9. The van der Waals surface area contributed by atoms with Gasteiger partial charge in [-0.15, -0.1) is 0 Å². The predicted molar refractivity (Wildman–Crippen MR) is 251 cm³/mol. The Labute approximate surface area is 403 Å². The van der Waals surface area contributed by atoms with Crippen LogP contribution in [0.25, 0.3) is 0 Å². The van der Waals surface area contributed by atoms with E-state index in [1.165, 1.54) is 5.56 Å². The molecule has 0 radical (unpaired) electrons. The van der Waals surface area contributed by atoms with Crippen LogP contribution in [0.2, 0.25) is 0 Å².